The van der Waals surface area contributed by atoms with Crippen molar-refractivity contribution in [3.8, 4) is 5.75 Å². The number of benzene rings is 2. The van der Waals surface area contributed by atoms with E-state index in [-0.39, 0.29) is 24.9 Å². The molecule has 2 aromatic carbocycles. The molecular formula is C21H28N2O4S. The number of ether oxygens (including phenoxy) is 1. The molecule has 1 amide bonds. The second-order valence-corrected chi connectivity index (χ2v) is 8.66. The van der Waals surface area contributed by atoms with Crippen LogP contribution in [-0.2, 0) is 14.8 Å². The number of para-hydroxylation sites is 2. The normalized spacial score (nSPS) is 12.3. The lowest BCUT2D eigenvalue weighted by molar-refractivity contribution is -0.121. The number of nitrogens with zero attached hydrogens (tertiary/aromatic N) is 1. The lowest BCUT2D eigenvalue weighted by atomic mass is 10.0. The summed E-state index contributed by atoms with van der Waals surface area (Å²) in [7, 11) is -2.00. The fourth-order valence-electron chi connectivity index (χ4n) is 3.15. The minimum absolute atomic E-state index is 0.103. The smallest absolute Gasteiger partial charge is 0.232 e. The highest BCUT2D eigenvalue weighted by Crippen LogP contribution is 2.29. The van der Waals surface area contributed by atoms with Gasteiger partial charge in [-0.15, -0.1) is 0 Å². The van der Waals surface area contributed by atoms with Crippen LogP contribution in [0.5, 0.6) is 5.75 Å². The largest absolute Gasteiger partial charge is 0.495 e. The molecule has 1 N–H and O–H groups in total. The van der Waals surface area contributed by atoms with Crippen molar-refractivity contribution in [2.75, 3.05) is 24.2 Å². The van der Waals surface area contributed by atoms with Crippen molar-refractivity contribution in [1.82, 2.24) is 5.32 Å². The van der Waals surface area contributed by atoms with Crippen molar-refractivity contribution in [3.05, 3.63) is 59.7 Å². The molecule has 0 bridgehead atoms. The van der Waals surface area contributed by atoms with E-state index in [2.05, 4.69) is 5.32 Å². The maximum Gasteiger partial charge on any atom is 0.232 e. The third-order valence-corrected chi connectivity index (χ3v) is 5.73. The molecule has 0 aliphatic heterocycles. The van der Waals surface area contributed by atoms with E-state index in [0.29, 0.717) is 17.9 Å². The van der Waals surface area contributed by atoms with Crippen molar-refractivity contribution in [2.45, 2.75) is 32.7 Å². The van der Waals surface area contributed by atoms with E-state index in [9.17, 15) is 13.2 Å². The minimum Gasteiger partial charge on any atom is -0.495 e. The van der Waals surface area contributed by atoms with Crippen molar-refractivity contribution >= 4 is 21.6 Å². The molecule has 0 spiro atoms. The van der Waals surface area contributed by atoms with Gasteiger partial charge < -0.3 is 10.1 Å². The van der Waals surface area contributed by atoms with Crippen LogP contribution >= 0.6 is 0 Å². The van der Waals surface area contributed by atoms with E-state index in [1.54, 1.807) is 24.3 Å². The molecule has 28 heavy (non-hydrogen) atoms. The highest BCUT2D eigenvalue weighted by molar-refractivity contribution is 7.92. The summed E-state index contributed by atoms with van der Waals surface area (Å²) in [6.07, 6.45) is 1.79. The zero-order chi connectivity index (χ0) is 20.7. The molecular weight excluding hydrogens is 376 g/mol. The number of sulfonamides is 1. The maximum absolute atomic E-state index is 12.3. The van der Waals surface area contributed by atoms with Crippen molar-refractivity contribution in [3.63, 3.8) is 0 Å². The van der Waals surface area contributed by atoms with E-state index < -0.39 is 10.0 Å². The van der Waals surface area contributed by atoms with Crippen LogP contribution in [0.2, 0.25) is 0 Å². The summed E-state index contributed by atoms with van der Waals surface area (Å²) in [6.45, 7) is 4.15. The minimum atomic E-state index is -3.50. The topological polar surface area (TPSA) is 75.7 Å². The monoisotopic (exact) mass is 404 g/mol. The van der Waals surface area contributed by atoms with Crippen LogP contribution in [0.25, 0.3) is 0 Å². The van der Waals surface area contributed by atoms with Crippen LogP contribution in [0.4, 0.5) is 5.69 Å². The molecule has 0 heterocycles. The van der Waals surface area contributed by atoms with Crippen molar-refractivity contribution < 1.29 is 17.9 Å². The molecule has 2 rings (SSSR count). The fraction of sp³-hybridized carbons (Fsp3) is 0.381. The second-order valence-electron chi connectivity index (χ2n) is 6.76. The molecule has 0 radical (unpaired) electrons. The van der Waals surface area contributed by atoms with Crippen LogP contribution in [0.1, 0.15) is 36.9 Å². The first-order chi connectivity index (χ1) is 13.2. The lowest BCUT2D eigenvalue weighted by Gasteiger charge is -2.24. The maximum atomic E-state index is 12.3. The Bertz CT molecular complexity index is 912. The Kier molecular flexibility index (Phi) is 7.45. The van der Waals surface area contributed by atoms with E-state index in [0.717, 1.165) is 17.4 Å². The zero-order valence-electron chi connectivity index (χ0n) is 16.8. The van der Waals surface area contributed by atoms with Gasteiger partial charge >= 0.3 is 0 Å². The van der Waals surface area contributed by atoms with Crippen molar-refractivity contribution in [1.29, 1.82) is 0 Å². The quantitative estimate of drug-likeness (QED) is 0.695. The number of anilines is 1. The standard InChI is InChI=1S/C21H28N2O4S/c1-16-10-5-6-11-18(16)17(2)22-21(24)14-9-15-23(28(4,25)26)19-12-7-8-13-20(19)27-3/h5-8,10-13,17H,9,14-15H2,1-4H3,(H,22,24)/t17-/m1/s1. The molecule has 0 unspecified atom stereocenters. The Balaban J connectivity index is 1.99. The molecule has 0 aliphatic rings. The molecule has 0 fully saturated rings. The Hall–Kier alpha value is -2.54. The SMILES string of the molecule is COc1ccccc1N(CCCC(=O)N[C@H](C)c1ccccc1C)S(C)(=O)=O. The Morgan fingerprint density at radius 2 is 1.79 bits per heavy atom. The van der Waals surface area contributed by atoms with E-state index in [4.69, 9.17) is 4.74 Å². The molecule has 2 aromatic rings. The number of carbonyl (C=O) groups is 1. The number of amides is 1. The second kappa shape index (κ2) is 9.59. The van der Waals surface area contributed by atoms with Gasteiger partial charge in [0.25, 0.3) is 0 Å². The van der Waals surface area contributed by atoms with E-state index >= 15 is 0 Å². The molecule has 6 nitrogen and oxygen atoms in total. The van der Waals surface area contributed by atoms with Gasteiger partial charge in [-0.2, -0.15) is 0 Å². The van der Waals surface area contributed by atoms with Crippen LogP contribution in [0.15, 0.2) is 48.5 Å². The summed E-state index contributed by atoms with van der Waals surface area (Å²) in [6, 6.07) is 14.8. The summed E-state index contributed by atoms with van der Waals surface area (Å²) in [5.41, 5.74) is 2.67. The number of carbonyl (C=O) groups excluding carboxylic acids is 1. The van der Waals surface area contributed by atoms with Crippen LogP contribution in [-0.4, -0.2) is 34.2 Å². The van der Waals surface area contributed by atoms with Gasteiger partial charge in [0.15, 0.2) is 0 Å². The first-order valence-corrected chi connectivity index (χ1v) is 11.0. The number of nitrogens with one attached hydrogen (secondary N) is 1. The van der Waals surface area contributed by atoms with Gasteiger partial charge in [-0.3, -0.25) is 9.10 Å². The zero-order valence-corrected chi connectivity index (χ0v) is 17.6. The van der Waals surface area contributed by atoms with Gasteiger partial charge in [-0.1, -0.05) is 36.4 Å². The Labute approximate surface area is 167 Å². The van der Waals surface area contributed by atoms with E-state index in [1.807, 2.05) is 38.1 Å². The molecule has 152 valence electrons. The Morgan fingerprint density at radius 1 is 1.14 bits per heavy atom. The van der Waals surface area contributed by atoms with E-state index in [1.165, 1.54) is 11.4 Å². The first-order valence-electron chi connectivity index (χ1n) is 9.19. The lowest BCUT2D eigenvalue weighted by Crippen LogP contribution is -2.33. The van der Waals surface area contributed by atoms with Crippen LogP contribution in [0.3, 0.4) is 0 Å². The highest BCUT2D eigenvalue weighted by atomic mass is 32.2. The van der Waals surface area contributed by atoms with Crippen LogP contribution < -0.4 is 14.4 Å². The van der Waals surface area contributed by atoms with Crippen molar-refractivity contribution in [2.24, 2.45) is 0 Å². The summed E-state index contributed by atoms with van der Waals surface area (Å²) in [5.74, 6) is 0.370. The summed E-state index contributed by atoms with van der Waals surface area (Å²) >= 11 is 0. The summed E-state index contributed by atoms with van der Waals surface area (Å²) in [4.78, 5) is 12.3. The van der Waals surface area contributed by atoms with Gasteiger partial charge in [0.2, 0.25) is 15.9 Å². The molecule has 0 saturated carbocycles. The molecule has 1 atom stereocenters. The number of methoxy groups -OCH3 is 1. The summed E-state index contributed by atoms with van der Waals surface area (Å²) < 4.78 is 31.0. The predicted octanol–water partition coefficient (Wildman–Crippen LogP) is 3.43. The third kappa shape index (κ3) is 5.73. The molecule has 7 heteroatoms. The molecule has 0 aromatic heterocycles. The predicted molar refractivity (Wildman–Crippen MR) is 112 cm³/mol. The number of rotatable bonds is 9. The van der Waals surface area contributed by atoms with Gasteiger partial charge in [-0.25, -0.2) is 8.42 Å². The average Bonchev–Trinajstić information content (AvgIpc) is 2.64. The highest BCUT2D eigenvalue weighted by Gasteiger charge is 2.21. The summed E-state index contributed by atoms with van der Waals surface area (Å²) in [5, 5.41) is 2.98. The van der Waals surface area contributed by atoms with Gasteiger partial charge in [0.05, 0.1) is 25.1 Å². The third-order valence-electron chi connectivity index (χ3n) is 4.55. The number of aryl methyl sites for hydroxylation is 1. The number of hydrogen-bond acceptors (Lipinski definition) is 4. The average molecular weight is 405 g/mol. The van der Waals surface area contributed by atoms with Gasteiger partial charge in [-0.05, 0) is 43.5 Å². The van der Waals surface area contributed by atoms with Gasteiger partial charge in [0, 0.05) is 13.0 Å². The van der Waals surface area contributed by atoms with Crippen LogP contribution in [0, 0.1) is 6.92 Å². The molecule has 0 saturated heterocycles. The number of hydrogen-bond donors (Lipinski definition) is 1. The first kappa shape index (κ1) is 21.8. The molecule has 0 aliphatic carbocycles. The van der Waals surface area contributed by atoms with Gasteiger partial charge in [0.1, 0.15) is 5.75 Å². The Morgan fingerprint density at radius 3 is 2.43 bits per heavy atom. The fourth-order valence-corrected chi connectivity index (χ4v) is 4.12.